The first-order valence-electron chi connectivity index (χ1n) is 9.54. The summed E-state index contributed by atoms with van der Waals surface area (Å²) in [7, 11) is 3.26. The quantitative estimate of drug-likeness (QED) is 0.510. The van der Waals surface area contributed by atoms with Crippen LogP contribution >= 0.6 is 0 Å². The Hall–Kier alpha value is -2.96. The van der Waals surface area contributed by atoms with Crippen molar-refractivity contribution in [3.8, 4) is 17.4 Å². The zero-order valence-electron chi connectivity index (χ0n) is 16.5. The van der Waals surface area contributed by atoms with E-state index in [4.69, 9.17) is 19.9 Å². The minimum absolute atomic E-state index is 0.314. The number of nitrogens with two attached hydrogens (primary N) is 1. The van der Waals surface area contributed by atoms with Gasteiger partial charge in [-0.15, -0.1) is 0 Å². The summed E-state index contributed by atoms with van der Waals surface area (Å²) in [6.07, 6.45) is 6.32. The molecule has 0 saturated heterocycles. The number of methoxy groups -OCH3 is 2. The summed E-state index contributed by atoms with van der Waals surface area (Å²) in [5.74, 6) is 2.52. The maximum atomic E-state index is 5.98. The van der Waals surface area contributed by atoms with Crippen molar-refractivity contribution in [1.82, 2.24) is 10.3 Å². The molecule has 1 aromatic carbocycles. The Bertz CT molecular complexity index is 806. The van der Waals surface area contributed by atoms with E-state index in [1.165, 1.54) is 6.42 Å². The normalized spacial score (nSPS) is 14.3. The van der Waals surface area contributed by atoms with Gasteiger partial charge >= 0.3 is 0 Å². The molecule has 0 unspecified atom stereocenters. The summed E-state index contributed by atoms with van der Waals surface area (Å²) in [5, 5.41) is 3.14. The Kier molecular flexibility index (Phi) is 6.94. The van der Waals surface area contributed by atoms with Crippen LogP contribution in [-0.2, 0) is 13.0 Å². The van der Waals surface area contributed by atoms with Gasteiger partial charge in [-0.05, 0) is 55.0 Å². The molecule has 3 N–H and O–H groups in total. The van der Waals surface area contributed by atoms with Crippen molar-refractivity contribution >= 4 is 5.96 Å². The van der Waals surface area contributed by atoms with E-state index < -0.39 is 0 Å². The zero-order chi connectivity index (χ0) is 19.8. The predicted octanol–water partition coefficient (Wildman–Crippen LogP) is 2.68. The largest absolute Gasteiger partial charge is 0.493 e. The molecule has 1 aliphatic carbocycles. The van der Waals surface area contributed by atoms with E-state index in [1.54, 1.807) is 20.4 Å². The molecule has 7 nitrogen and oxygen atoms in total. The summed E-state index contributed by atoms with van der Waals surface area (Å²) in [4.78, 5) is 8.66. The predicted molar refractivity (Wildman–Crippen MR) is 109 cm³/mol. The topological polar surface area (TPSA) is 91.0 Å². The van der Waals surface area contributed by atoms with Gasteiger partial charge < -0.3 is 25.3 Å². The lowest BCUT2D eigenvalue weighted by Gasteiger charge is -2.25. The average Bonchev–Trinajstić information content (AvgIpc) is 2.69. The van der Waals surface area contributed by atoms with Crippen molar-refractivity contribution in [2.24, 2.45) is 10.7 Å². The lowest BCUT2D eigenvalue weighted by Crippen LogP contribution is -2.33. The number of rotatable bonds is 9. The molecule has 0 amide bonds. The molecule has 1 aliphatic rings. The number of benzene rings is 1. The molecule has 7 heteroatoms. The number of ether oxygens (including phenoxy) is 3. The highest BCUT2D eigenvalue weighted by Crippen LogP contribution is 2.27. The Balaban J connectivity index is 1.46. The summed E-state index contributed by atoms with van der Waals surface area (Å²) < 4.78 is 16.4. The Labute approximate surface area is 165 Å². The number of aliphatic imine (C=N–C) groups is 1. The Morgan fingerprint density at radius 1 is 1.14 bits per heavy atom. The maximum Gasteiger partial charge on any atom is 0.213 e. The van der Waals surface area contributed by atoms with Crippen LogP contribution in [0.25, 0.3) is 0 Å². The van der Waals surface area contributed by atoms with Crippen LogP contribution in [0.1, 0.15) is 30.4 Å². The SMILES string of the molecule is COc1ccc(CCNC(N)=NCc2ccnc(OC3CCC3)c2)cc1OC. The van der Waals surface area contributed by atoms with E-state index in [9.17, 15) is 0 Å². The smallest absolute Gasteiger partial charge is 0.213 e. The number of nitrogens with zero attached hydrogens (tertiary/aromatic N) is 2. The molecular weight excluding hydrogens is 356 g/mol. The van der Waals surface area contributed by atoms with E-state index >= 15 is 0 Å². The Morgan fingerprint density at radius 2 is 1.96 bits per heavy atom. The molecule has 0 aliphatic heterocycles. The van der Waals surface area contributed by atoms with Gasteiger partial charge in [-0.3, -0.25) is 0 Å². The molecular formula is C21H28N4O3. The van der Waals surface area contributed by atoms with Crippen LogP contribution < -0.4 is 25.3 Å². The fraction of sp³-hybridized carbons (Fsp3) is 0.429. The number of aromatic nitrogens is 1. The first-order valence-corrected chi connectivity index (χ1v) is 9.54. The van der Waals surface area contributed by atoms with Crippen molar-refractivity contribution in [1.29, 1.82) is 0 Å². The fourth-order valence-corrected chi connectivity index (χ4v) is 2.88. The molecule has 1 fully saturated rings. The molecule has 0 radical (unpaired) electrons. The minimum atomic E-state index is 0.314. The fourth-order valence-electron chi connectivity index (χ4n) is 2.88. The van der Waals surface area contributed by atoms with E-state index in [0.717, 1.165) is 41.9 Å². The van der Waals surface area contributed by atoms with Crippen molar-refractivity contribution in [2.75, 3.05) is 20.8 Å². The molecule has 0 spiro atoms. The highest BCUT2D eigenvalue weighted by atomic mass is 16.5. The van der Waals surface area contributed by atoms with Crippen molar-refractivity contribution in [3.63, 3.8) is 0 Å². The first kappa shape index (κ1) is 19.8. The van der Waals surface area contributed by atoms with E-state index in [2.05, 4.69) is 15.3 Å². The minimum Gasteiger partial charge on any atom is -0.493 e. The van der Waals surface area contributed by atoms with Crippen LogP contribution in [0.3, 0.4) is 0 Å². The Morgan fingerprint density at radius 3 is 2.68 bits per heavy atom. The van der Waals surface area contributed by atoms with Gasteiger partial charge in [-0.2, -0.15) is 0 Å². The van der Waals surface area contributed by atoms with Crippen LogP contribution in [0.2, 0.25) is 0 Å². The highest BCUT2D eigenvalue weighted by molar-refractivity contribution is 5.77. The second kappa shape index (κ2) is 9.82. The van der Waals surface area contributed by atoms with Crippen LogP contribution in [0.4, 0.5) is 0 Å². The summed E-state index contributed by atoms with van der Waals surface area (Å²) >= 11 is 0. The third kappa shape index (κ3) is 5.52. The van der Waals surface area contributed by atoms with Crippen molar-refractivity contribution < 1.29 is 14.2 Å². The molecule has 3 rings (SSSR count). The van der Waals surface area contributed by atoms with Gasteiger partial charge in [-0.25, -0.2) is 9.98 Å². The van der Waals surface area contributed by atoms with Crippen LogP contribution in [-0.4, -0.2) is 37.8 Å². The molecule has 1 saturated carbocycles. The second-order valence-electron chi connectivity index (χ2n) is 6.74. The number of hydrogen-bond donors (Lipinski definition) is 2. The van der Waals surface area contributed by atoms with E-state index in [-0.39, 0.29) is 0 Å². The van der Waals surface area contributed by atoms with Crippen molar-refractivity contribution in [2.45, 2.75) is 38.3 Å². The van der Waals surface area contributed by atoms with Gasteiger partial charge in [0.05, 0.1) is 20.8 Å². The van der Waals surface area contributed by atoms with Crippen molar-refractivity contribution in [3.05, 3.63) is 47.7 Å². The molecule has 1 aromatic heterocycles. The molecule has 2 aromatic rings. The molecule has 0 atom stereocenters. The second-order valence-corrected chi connectivity index (χ2v) is 6.74. The molecule has 150 valence electrons. The number of pyridine rings is 1. The van der Waals surface area contributed by atoms with Gasteiger partial charge in [-0.1, -0.05) is 6.07 Å². The maximum absolute atomic E-state index is 5.98. The summed E-state index contributed by atoms with van der Waals surface area (Å²) in [5.41, 5.74) is 8.14. The third-order valence-corrected chi connectivity index (χ3v) is 4.74. The van der Waals surface area contributed by atoms with E-state index in [1.807, 2.05) is 30.3 Å². The highest BCUT2D eigenvalue weighted by Gasteiger charge is 2.19. The van der Waals surface area contributed by atoms with Gasteiger partial charge in [0.25, 0.3) is 0 Å². The van der Waals surface area contributed by atoms with Crippen LogP contribution in [0, 0.1) is 0 Å². The summed E-state index contributed by atoms with van der Waals surface area (Å²) in [6, 6.07) is 9.73. The van der Waals surface area contributed by atoms with Gasteiger partial charge in [0.2, 0.25) is 5.88 Å². The van der Waals surface area contributed by atoms with Crippen LogP contribution in [0.15, 0.2) is 41.5 Å². The lowest BCUT2D eigenvalue weighted by atomic mass is 9.96. The van der Waals surface area contributed by atoms with Gasteiger partial charge in [0, 0.05) is 18.8 Å². The number of hydrogen-bond acceptors (Lipinski definition) is 5. The monoisotopic (exact) mass is 384 g/mol. The number of nitrogens with one attached hydrogen (secondary N) is 1. The third-order valence-electron chi connectivity index (χ3n) is 4.74. The molecule has 0 bridgehead atoms. The van der Waals surface area contributed by atoms with Gasteiger partial charge in [0.15, 0.2) is 17.5 Å². The average molecular weight is 384 g/mol. The van der Waals surface area contributed by atoms with Gasteiger partial charge in [0.1, 0.15) is 6.10 Å². The van der Waals surface area contributed by atoms with E-state index in [0.29, 0.717) is 31.0 Å². The zero-order valence-corrected chi connectivity index (χ0v) is 16.5. The summed E-state index contributed by atoms with van der Waals surface area (Å²) in [6.45, 7) is 1.16. The molecule has 1 heterocycles. The van der Waals surface area contributed by atoms with Crippen LogP contribution in [0.5, 0.6) is 17.4 Å². The number of guanidine groups is 1. The molecule has 28 heavy (non-hydrogen) atoms. The standard InChI is InChI=1S/C21H28N4O3/c1-26-18-7-6-15(12-19(18)27-2)8-11-24-21(22)25-14-16-9-10-23-20(13-16)28-17-4-3-5-17/h6-7,9-10,12-13,17H,3-5,8,11,14H2,1-2H3,(H3,22,24,25). The first-order chi connectivity index (χ1) is 13.7. The lowest BCUT2D eigenvalue weighted by molar-refractivity contribution is 0.114.